The van der Waals surface area contributed by atoms with Crippen LogP contribution >= 0.6 is 11.3 Å². The third-order valence-electron chi connectivity index (χ3n) is 4.62. The maximum absolute atomic E-state index is 4.11. The molecule has 3 heterocycles. The molecule has 1 aromatic carbocycles. The average Bonchev–Trinajstić information content (AvgIpc) is 3.18. The molecule has 0 bridgehead atoms. The van der Waals surface area contributed by atoms with Crippen LogP contribution in [0.25, 0.3) is 10.9 Å². The number of fused-ring (bicyclic) bond motifs is 1. The largest absolute Gasteiger partial charge is 0.299 e. The number of thiophene rings is 1. The Labute approximate surface area is 135 Å². The number of nitrogens with zero attached hydrogens (tertiary/aromatic N) is 2. The Morgan fingerprint density at radius 2 is 2.27 bits per heavy atom. The first-order chi connectivity index (χ1) is 10.9. The van der Waals surface area contributed by atoms with Gasteiger partial charge in [-0.05, 0) is 71.8 Å². The van der Waals surface area contributed by atoms with Crippen molar-refractivity contribution >= 4 is 22.2 Å². The van der Waals surface area contributed by atoms with E-state index in [-0.39, 0.29) is 0 Å². The van der Waals surface area contributed by atoms with E-state index >= 15 is 0 Å². The van der Waals surface area contributed by atoms with E-state index in [1.54, 1.807) is 11.3 Å². The van der Waals surface area contributed by atoms with Crippen molar-refractivity contribution < 1.29 is 0 Å². The average molecular weight is 311 g/mol. The molecule has 3 aromatic rings. The number of aromatic nitrogens is 2. The van der Waals surface area contributed by atoms with Crippen LogP contribution in [0.4, 0.5) is 0 Å². The normalized spacial score (nSPS) is 19.7. The lowest BCUT2D eigenvalue weighted by molar-refractivity contribution is 0.167. The van der Waals surface area contributed by atoms with Crippen molar-refractivity contribution in [3.05, 3.63) is 52.3 Å². The maximum Gasteiger partial charge on any atom is 0.0650 e. The van der Waals surface area contributed by atoms with E-state index in [0.717, 1.165) is 18.0 Å². The summed E-state index contributed by atoms with van der Waals surface area (Å²) in [6, 6.07) is 8.94. The van der Waals surface area contributed by atoms with Gasteiger partial charge in [-0.2, -0.15) is 16.4 Å². The van der Waals surface area contributed by atoms with Gasteiger partial charge >= 0.3 is 0 Å². The standard InChI is InChI=1S/C18H21N3S/c1-2-15(11-21(6-1)12-16-5-7-22-13-16)8-14-3-4-18-17(9-14)10-19-20-18/h3-5,7,9-10,13,15H,1-2,6,8,11-12H2,(H,19,20)/t15-/m1/s1. The Hall–Kier alpha value is -1.65. The van der Waals surface area contributed by atoms with E-state index in [0.29, 0.717) is 0 Å². The SMILES string of the molecule is c1cc(CN2CCC[C@H](Cc3ccc4[nH]ncc4c3)C2)cs1. The second-order valence-electron chi connectivity index (χ2n) is 6.37. The summed E-state index contributed by atoms with van der Waals surface area (Å²) in [6.45, 7) is 3.58. The summed E-state index contributed by atoms with van der Waals surface area (Å²) in [7, 11) is 0. The van der Waals surface area contributed by atoms with Gasteiger partial charge in [-0.1, -0.05) is 6.07 Å². The van der Waals surface area contributed by atoms with Crippen molar-refractivity contribution in [2.45, 2.75) is 25.8 Å². The first-order valence-electron chi connectivity index (χ1n) is 8.02. The third-order valence-corrected chi connectivity index (χ3v) is 5.35. The molecular formula is C18H21N3S. The molecular weight excluding hydrogens is 290 g/mol. The number of benzene rings is 1. The fraction of sp³-hybridized carbons (Fsp3) is 0.389. The molecule has 1 saturated heterocycles. The number of hydrogen-bond acceptors (Lipinski definition) is 3. The van der Waals surface area contributed by atoms with Crippen LogP contribution in [0.2, 0.25) is 0 Å². The zero-order valence-corrected chi connectivity index (χ0v) is 13.5. The fourth-order valence-corrected chi connectivity index (χ4v) is 4.21. The molecule has 0 radical (unpaired) electrons. The Morgan fingerprint density at radius 3 is 3.18 bits per heavy atom. The lowest BCUT2D eigenvalue weighted by atomic mass is 9.91. The Balaban J connectivity index is 1.41. The predicted molar refractivity (Wildman–Crippen MR) is 92.1 cm³/mol. The summed E-state index contributed by atoms with van der Waals surface area (Å²) in [5.41, 5.74) is 4.04. The highest BCUT2D eigenvalue weighted by Crippen LogP contribution is 2.24. The zero-order chi connectivity index (χ0) is 14.8. The van der Waals surface area contributed by atoms with Crippen LogP contribution in [0, 0.1) is 5.92 Å². The Bertz CT molecular complexity index is 732. The lowest BCUT2D eigenvalue weighted by Gasteiger charge is -2.32. The van der Waals surface area contributed by atoms with Crippen LogP contribution in [0.3, 0.4) is 0 Å². The molecule has 22 heavy (non-hydrogen) atoms. The van der Waals surface area contributed by atoms with Crippen molar-refractivity contribution in [2.75, 3.05) is 13.1 Å². The highest BCUT2D eigenvalue weighted by Gasteiger charge is 2.20. The molecule has 4 heteroatoms. The molecule has 0 saturated carbocycles. The van der Waals surface area contributed by atoms with E-state index in [4.69, 9.17) is 0 Å². The van der Waals surface area contributed by atoms with E-state index in [1.807, 2.05) is 6.20 Å². The highest BCUT2D eigenvalue weighted by molar-refractivity contribution is 7.07. The number of hydrogen-bond donors (Lipinski definition) is 1. The quantitative estimate of drug-likeness (QED) is 0.787. The van der Waals surface area contributed by atoms with E-state index in [2.05, 4.69) is 50.1 Å². The van der Waals surface area contributed by atoms with Crippen molar-refractivity contribution in [1.82, 2.24) is 15.1 Å². The summed E-state index contributed by atoms with van der Waals surface area (Å²) < 4.78 is 0. The van der Waals surface area contributed by atoms with Crippen molar-refractivity contribution in [3.63, 3.8) is 0 Å². The highest BCUT2D eigenvalue weighted by atomic mass is 32.1. The summed E-state index contributed by atoms with van der Waals surface area (Å²) in [5.74, 6) is 0.775. The van der Waals surface area contributed by atoms with E-state index in [9.17, 15) is 0 Å². The van der Waals surface area contributed by atoms with Crippen LogP contribution in [-0.4, -0.2) is 28.2 Å². The van der Waals surface area contributed by atoms with Gasteiger partial charge in [0.2, 0.25) is 0 Å². The molecule has 4 rings (SSSR count). The minimum absolute atomic E-state index is 0.775. The molecule has 2 aromatic heterocycles. The molecule has 1 fully saturated rings. The number of aromatic amines is 1. The molecule has 0 aliphatic carbocycles. The summed E-state index contributed by atoms with van der Waals surface area (Å²) in [4.78, 5) is 2.62. The van der Waals surface area contributed by atoms with Gasteiger partial charge in [0, 0.05) is 18.5 Å². The van der Waals surface area contributed by atoms with E-state index in [1.165, 1.54) is 48.9 Å². The molecule has 1 aliphatic rings. The van der Waals surface area contributed by atoms with Gasteiger partial charge in [0.15, 0.2) is 0 Å². The molecule has 1 N–H and O–H groups in total. The number of likely N-dealkylation sites (tertiary alicyclic amines) is 1. The van der Waals surface area contributed by atoms with Crippen molar-refractivity contribution in [3.8, 4) is 0 Å². The van der Waals surface area contributed by atoms with Gasteiger partial charge in [0.05, 0.1) is 11.7 Å². The molecule has 1 atom stereocenters. The van der Waals surface area contributed by atoms with Crippen molar-refractivity contribution in [2.24, 2.45) is 5.92 Å². The van der Waals surface area contributed by atoms with Crippen molar-refractivity contribution in [1.29, 1.82) is 0 Å². The maximum atomic E-state index is 4.11. The van der Waals surface area contributed by atoms with Gasteiger partial charge in [-0.25, -0.2) is 0 Å². The number of H-pyrrole nitrogens is 1. The molecule has 1 aliphatic heterocycles. The van der Waals surface area contributed by atoms with Crippen LogP contribution in [0.1, 0.15) is 24.0 Å². The fourth-order valence-electron chi connectivity index (χ4n) is 3.55. The van der Waals surface area contributed by atoms with Crippen LogP contribution < -0.4 is 0 Å². The predicted octanol–water partition coefficient (Wildman–Crippen LogP) is 4.08. The minimum atomic E-state index is 0.775. The van der Waals surface area contributed by atoms with Gasteiger partial charge in [-0.15, -0.1) is 0 Å². The van der Waals surface area contributed by atoms with Gasteiger partial charge in [0.1, 0.15) is 0 Å². The molecule has 3 nitrogen and oxygen atoms in total. The van der Waals surface area contributed by atoms with Gasteiger partial charge in [-0.3, -0.25) is 10.00 Å². The Morgan fingerprint density at radius 1 is 1.27 bits per heavy atom. The van der Waals surface area contributed by atoms with Crippen LogP contribution in [-0.2, 0) is 13.0 Å². The monoisotopic (exact) mass is 311 g/mol. The van der Waals surface area contributed by atoms with E-state index < -0.39 is 0 Å². The molecule has 0 spiro atoms. The van der Waals surface area contributed by atoms with Crippen LogP contribution in [0.15, 0.2) is 41.2 Å². The summed E-state index contributed by atoms with van der Waals surface area (Å²) >= 11 is 1.80. The second-order valence-corrected chi connectivity index (χ2v) is 7.15. The third kappa shape index (κ3) is 3.08. The number of piperidine rings is 1. The minimum Gasteiger partial charge on any atom is -0.299 e. The molecule has 0 unspecified atom stereocenters. The number of nitrogens with one attached hydrogen (secondary N) is 1. The molecule has 114 valence electrons. The Kier molecular flexibility index (Phi) is 3.95. The van der Waals surface area contributed by atoms with Gasteiger partial charge in [0.25, 0.3) is 0 Å². The summed E-state index contributed by atoms with van der Waals surface area (Å²) in [6.07, 6.45) is 5.77. The van der Waals surface area contributed by atoms with Crippen LogP contribution in [0.5, 0.6) is 0 Å². The second kappa shape index (κ2) is 6.23. The smallest absolute Gasteiger partial charge is 0.0650 e. The zero-order valence-electron chi connectivity index (χ0n) is 12.7. The number of rotatable bonds is 4. The first-order valence-corrected chi connectivity index (χ1v) is 8.96. The molecule has 0 amide bonds. The lowest BCUT2D eigenvalue weighted by Crippen LogP contribution is -2.35. The first kappa shape index (κ1) is 14.0. The van der Waals surface area contributed by atoms with Gasteiger partial charge < -0.3 is 0 Å². The topological polar surface area (TPSA) is 31.9 Å². The summed E-state index contributed by atoms with van der Waals surface area (Å²) in [5, 5.41) is 12.8.